The number of hydrogen-bond donors (Lipinski definition) is 1. The fourth-order valence-electron chi connectivity index (χ4n) is 1.93. The lowest BCUT2D eigenvalue weighted by Crippen LogP contribution is -2.31. The molecule has 2 aromatic rings. The zero-order chi connectivity index (χ0) is 17.4. The second-order valence-electron chi connectivity index (χ2n) is 4.91. The number of rotatable bonds is 8. The van der Waals surface area contributed by atoms with Crippen molar-refractivity contribution in [3.05, 3.63) is 52.2 Å². The van der Waals surface area contributed by atoms with Gasteiger partial charge >= 0.3 is 5.97 Å². The van der Waals surface area contributed by atoms with Gasteiger partial charge in [0.2, 0.25) is 0 Å². The van der Waals surface area contributed by atoms with E-state index >= 15 is 0 Å². The van der Waals surface area contributed by atoms with Gasteiger partial charge in [-0.25, -0.2) is 4.79 Å². The van der Waals surface area contributed by atoms with Gasteiger partial charge < -0.3 is 14.8 Å². The molecule has 0 aliphatic heterocycles. The lowest BCUT2D eigenvalue weighted by Gasteiger charge is -2.12. The quantitative estimate of drug-likeness (QED) is 0.586. The lowest BCUT2D eigenvalue weighted by molar-refractivity contribution is -0.150. The zero-order valence-corrected chi connectivity index (χ0v) is 13.9. The molecule has 1 aromatic heterocycles. The molecule has 0 unspecified atom stereocenters. The first-order valence-corrected chi connectivity index (χ1v) is 8.13. The maximum absolute atomic E-state index is 11.8. The minimum atomic E-state index is -0.686. The predicted molar refractivity (Wildman–Crippen MR) is 89.2 cm³/mol. The van der Waals surface area contributed by atoms with Crippen molar-refractivity contribution in [2.75, 3.05) is 13.2 Å². The molecule has 0 fully saturated rings. The third-order valence-electron chi connectivity index (χ3n) is 3.10. The highest BCUT2D eigenvalue weighted by Gasteiger charge is 2.13. The largest absolute Gasteiger partial charge is 0.481 e. The molecule has 1 atom stereocenters. The molecule has 126 valence electrons. The average molecular weight is 347 g/mol. The fourth-order valence-corrected chi connectivity index (χ4v) is 2.66. The summed E-state index contributed by atoms with van der Waals surface area (Å²) in [6, 6.07) is 10.2. The minimum Gasteiger partial charge on any atom is -0.481 e. The molecule has 1 aromatic carbocycles. The molecular formula is C17H17NO5S. The number of ether oxygens (including phenoxy) is 2. The Morgan fingerprint density at radius 1 is 1.21 bits per heavy atom. The molecule has 0 saturated carbocycles. The van der Waals surface area contributed by atoms with Crippen LogP contribution >= 0.6 is 11.3 Å². The highest BCUT2D eigenvalue weighted by atomic mass is 32.1. The number of nitrogens with one attached hydrogen (secondary N) is 1. The third kappa shape index (κ3) is 5.20. The SMILES string of the molecule is C[C@H](NC(=O)COC(=O)COc1ccccc1C=O)c1cccs1. The van der Waals surface area contributed by atoms with Gasteiger partial charge in [0, 0.05) is 4.88 Å². The number of esters is 1. The van der Waals surface area contributed by atoms with E-state index in [-0.39, 0.29) is 19.3 Å². The lowest BCUT2D eigenvalue weighted by atomic mass is 10.2. The molecule has 0 aliphatic carbocycles. The molecule has 1 N–H and O–H groups in total. The van der Waals surface area contributed by atoms with Crippen molar-refractivity contribution in [1.29, 1.82) is 0 Å². The molecular weight excluding hydrogens is 330 g/mol. The highest BCUT2D eigenvalue weighted by molar-refractivity contribution is 7.10. The monoisotopic (exact) mass is 347 g/mol. The van der Waals surface area contributed by atoms with E-state index in [0.717, 1.165) is 4.88 Å². The number of carbonyl (C=O) groups is 3. The predicted octanol–water partition coefficient (Wildman–Crippen LogP) is 2.36. The van der Waals surface area contributed by atoms with Crippen LogP contribution in [0.15, 0.2) is 41.8 Å². The molecule has 1 amide bonds. The standard InChI is InChI=1S/C17H17NO5S/c1-12(15-7-4-8-24-15)18-16(20)10-23-17(21)11-22-14-6-3-2-5-13(14)9-19/h2-9,12H,10-11H2,1H3,(H,18,20)/t12-/m0/s1. The molecule has 0 aliphatic rings. The Labute approximate surface area is 143 Å². The van der Waals surface area contributed by atoms with Crippen LogP contribution in [0.1, 0.15) is 28.2 Å². The Morgan fingerprint density at radius 2 is 2.00 bits per heavy atom. The van der Waals surface area contributed by atoms with Gasteiger partial charge in [0.15, 0.2) is 19.5 Å². The number of para-hydroxylation sites is 1. The van der Waals surface area contributed by atoms with Crippen molar-refractivity contribution in [2.45, 2.75) is 13.0 Å². The summed E-state index contributed by atoms with van der Waals surface area (Å²) in [6.07, 6.45) is 0.639. The van der Waals surface area contributed by atoms with E-state index in [4.69, 9.17) is 9.47 Å². The summed E-state index contributed by atoms with van der Waals surface area (Å²) in [4.78, 5) is 35.2. The van der Waals surface area contributed by atoms with Crippen LogP contribution in [0, 0.1) is 0 Å². The number of thiophene rings is 1. The van der Waals surface area contributed by atoms with E-state index in [2.05, 4.69) is 5.32 Å². The Balaban J connectivity index is 1.72. The molecule has 24 heavy (non-hydrogen) atoms. The van der Waals surface area contributed by atoms with E-state index in [1.807, 2.05) is 24.4 Å². The maximum atomic E-state index is 11.8. The van der Waals surface area contributed by atoms with Gasteiger partial charge in [-0.05, 0) is 30.5 Å². The summed E-state index contributed by atoms with van der Waals surface area (Å²) < 4.78 is 10.1. The van der Waals surface area contributed by atoms with Gasteiger partial charge in [-0.2, -0.15) is 0 Å². The summed E-state index contributed by atoms with van der Waals surface area (Å²) in [5, 5.41) is 4.66. The normalized spacial score (nSPS) is 11.4. The number of carbonyl (C=O) groups excluding carboxylic acids is 3. The van der Waals surface area contributed by atoms with Crippen LogP contribution in [0.3, 0.4) is 0 Å². The van der Waals surface area contributed by atoms with E-state index in [1.165, 1.54) is 11.3 Å². The molecule has 2 rings (SSSR count). The summed E-state index contributed by atoms with van der Waals surface area (Å²) in [7, 11) is 0. The second-order valence-corrected chi connectivity index (χ2v) is 5.89. The minimum absolute atomic E-state index is 0.146. The van der Waals surface area contributed by atoms with Crippen LogP contribution in [0.5, 0.6) is 5.75 Å². The second kappa shape index (κ2) is 8.83. The van der Waals surface area contributed by atoms with Gasteiger partial charge in [0.25, 0.3) is 5.91 Å². The Hall–Kier alpha value is -2.67. The van der Waals surface area contributed by atoms with Gasteiger partial charge in [-0.3, -0.25) is 9.59 Å². The molecule has 1 heterocycles. The van der Waals surface area contributed by atoms with Gasteiger partial charge in [-0.1, -0.05) is 18.2 Å². The first-order valence-electron chi connectivity index (χ1n) is 7.25. The van der Waals surface area contributed by atoms with E-state index in [1.54, 1.807) is 24.3 Å². The van der Waals surface area contributed by atoms with E-state index < -0.39 is 11.9 Å². The Kier molecular flexibility index (Phi) is 6.51. The van der Waals surface area contributed by atoms with Crippen LogP contribution in [0.25, 0.3) is 0 Å². The summed E-state index contributed by atoms with van der Waals surface area (Å²) in [6.45, 7) is 1.09. The zero-order valence-electron chi connectivity index (χ0n) is 13.1. The molecule has 0 saturated heterocycles. The van der Waals surface area contributed by atoms with Crippen LogP contribution in [0.2, 0.25) is 0 Å². The van der Waals surface area contributed by atoms with Crippen LogP contribution in [0.4, 0.5) is 0 Å². The smallest absolute Gasteiger partial charge is 0.344 e. The molecule has 0 radical (unpaired) electrons. The van der Waals surface area contributed by atoms with Crippen molar-refractivity contribution >= 4 is 29.5 Å². The number of aldehydes is 1. The summed E-state index contributed by atoms with van der Waals surface area (Å²) in [5.74, 6) is -0.785. The molecule has 0 spiro atoms. The molecule has 7 heteroatoms. The van der Waals surface area contributed by atoms with Crippen molar-refractivity contribution in [1.82, 2.24) is 5.32 Å². The maximum Gasteiger partial charge on any atom is 0.344 e. The Morgan fingerprint density at radius 3 is 2.71 bits per heavy atom. The van der Waals surface area contributed by atoms with Crippen LogP contribution in [-0.2, 0) is 14.3 Å². The first kappa shape index (κ1) is 17.7. The van der Waals surface area contributed by atoms with Gasteiger partial charge in [-0.15, -0.1) is 11.3 Å². The van der Waals surface area contributed by atoms with Crippen LogP contribution in [-0.4, -0.2) is 31.4 Å². The topological polar surface area (TPSA) is 81.7 Å². The fraction of sp³-hybridized carbons (Fsp3) is 0.235. The summed E-state index contributed by atoms with van der Waals surface area (Å²) in [5.41, 5.74) is 0.341. The summed E-state index contributed by atoms with van der Waals surface area (Å²) >= 11 is 1.54. The van der Waals surface area contributed by atoms with Crippen molar-refractivity contribution in [2.24, 2.45) is 0 Å². The van der Waals surface area contributed by atoms with Gasteiger partial charge in [0.1, 0.15) is 5.75 Å². The number of benzene rings is 1. The van der Waals surface area contributed by atoms with Crippen molar-refractivity contribution < 1.29 is 23.9 Å². The number of amides is 1. The van der Waals surface area contributed by atoms with Gasteiger partial charge in [0.05, 0.1) is 11.6 Å². The Bertz CT molecular complexity index is 699. The van der Waals surface area contributed by atoms with Crippen molar-refractivity contribution in [3.8, 4) is 5.75 Å². The molecule has 0 bridgehead atoms. The number of hydrogen-bond acceptors (Lipinski definition) is 6. The van der Waals surface area contributed by atoms with Crippen molar-refractivity contribution in [3.63, 3.8) is 0 Å². The third-order valence-corrected chi connectivity index (χ3v) is 4.16. The van der Waals surface area contributed by atoms with Crippen LogP contribution < -0.4 is 10.1 Å². The van der Waals surface area contributed by atoms with E-state index in [9.17, 15) is 14.4 Å². The highest BCUT2D eigenvalue weighted by Crippen LogP contribution is 2.18. The van der Waals surface area contributed by atoms with E-state index in [0.29, 0.717) is 17.6 Å². The average Bonchev–Trinajstić information content (AvgIpc) is 3.13. The molecule has 6 nitrogen and oxygen atoms in total. The first-order chi connectivity index (χ1) is 11.6.